The number of methoxy groups -OCH3 is 1. The lowest BCUT2D eigenvalue weighted by Gasteiger charge is -2.28. The number of rotatable bonds is 6. The average Bonchev–Trinajstić information content (AvgIpc) is 2.64. The van der Waals surface area contributed by atoms with Crippen molar-refractivity contribution in [1.82, 2.24) is 0 Å². The molecule has 2 rings (SSSR count). The Hall–Kier alpha value is -2.66. The zero-order valence-corrected chi connectivity index (χ0v) is 17.3. The Labute approximate surface area is 170 Å². The highest BCUT2D eigenvalue weighted by atomic mass is 35.5. The van der Waals surface area contributed by atoms with Crippen LogP contribution in [0.5, 0.6) is 0 Å². The molecule has 5 nitrogen and oxygen atoms in total. The van der Waals surface area contributed by atoms with Gasteiger partial charge in [0.2, 0.25) is 5.91 Å². The second-order valence-electron chi connectivity index (χ2n) is 7.70. The van der Waals surface area contributed by atoms with Crippen LogP contribution in [0.15, 0.2) is 48.5 Å². The van der Waals surface area contributed by atoms with Crippen LogP contribution in [0.1, 0.15) is 38.3 Å². The molecule has 2 aromatic rings. The minimum atomic E-state index is -0.533. The molecule has 1 N–H and O–H groups in total. The van der Waals surface area contributed by atoms with Crippen molar-refractivity contribution in [1.29, 1.82) is 5.41 Å². The SMILES string of the molecule is COC(=O)CN(C(=O)CC(C)(C)C)c1ccc(Cl)cc1C(=N)c1ccccc1. The Kier molecular flexibility index (Phi) is 6.97. The third kappa shape index (κ3) is 5.67. The van der Waals surface area contributed by atoms with Gasteiger partial charge in [0, 0.05) is 22.6 Å². The molecule has 1 amide bonds. The van der Waals surface area contributed by atoms with Crippen LogP contribution in [0.3, 0.4) is 0 Å². The topological polar surface area (TPSA) is 70.5 Å². The predicted molar refractivity (Wildman–Crippen MR) is 112 cm³/mol. The number of halogens is 1. The van der Waals surface area contributed by atoms with E-state index in [1.807, 2.05) is 51.1 Å². The van der Waals surface area contributed by atoms with Gasteiger partial charge in [0.15, 0.2) is 0 Å². The quantitative estimate of drug-likeness (QED) is 0.564. The van der Waals surface area contributed by atoms with Gasteiger partial charge in [-0.15, -0.1) is 0 Å². The van der Waals surface area contributed by atoms with Crippen LogP contribution in [-0.4, -0.2) is 31.2 Å². The Bertz CT molecular complexity index is 873. The monoisotopic (exact) mass is 400 g/mol. The third-order valence-corrected chi connectivity index (χ3v) is 4.31. The van der Waals surface area contributed by atoms with Crippen molar-refractivity contribution in [2.75, 3.05) is 18.6 Å². The van der Waals surface area contributed by atoms with Crippen LogP contribution in [-0.2, 0) is 14.3 Å². The highest BCUT2D eigenvalue weighted by Crippen LogP contribution is 2.29. The lowest BCUT2D eigenvalue weighted by molar-refractivity contribution is -0.140. The van der Waals surface area contributed by atoms with E-state index in [4.69, 9.17) is 21.7 Å². The second kappa shape index (κ2) is 9.02. The first-order valence-corrected chi connectivity index (χ1v) is 9.31. The van der Waals surface area contributed by atoms with Gasteiger partial charge >= 0.3 is 5.97 Å². The Morgan fingerprint density at radius 3 is 2.32 bits per heavy atom. The molecule has 28 heavy (non-hydrogen) atoms. The highest BCUT2D eigenvalue weighted by Gasteiger charge is 2.27. The van der Waals surface area contributed by atoms with E-state index in [1.54, 1.807) is 18.2 Å². The van der Waals surface area contributed by atoms with Gasteiger partial charge in [-0.2, -0.15) is 0 Å². The molecular weight excluding hydrogens is 376 g/mol. The summed E-state index contributed by atoms with van der Waals surface area (Å²) in [5, 5.41) is 9.08. The number of benzene rings is 2. The van der Waals surface area contributed by atoms with E-state index in [1.165, 1.54) is 12.0 Å². The summed E-state index contributed by atoms with van der Waals surface area (Å²) in [5.41, 5.74) is 1.58. The Morgan fingerprint density at radius 2 is 1.75 bits per heavy atom. The molecule has 0 unspecified atom stereocenters. The van der Waals surface area contributed by atoms with Crippen molar-refractivity contribution in [3.8, 4) is 0 Å². The van der Waals surface area contributed by atoms with Crippen molar-refractivity contribution >= 4 is 34.9 Å². The number of amides is 1. The summed E-state index contributed by atoms with van der Waals surface area (Å²) < 4.78 is 4.78. The molecule has 6 heteroatoms. The van der Waals surface area contributed by atoms with E-state index in [2.05, 4.69) is 0 Å². The number of carbonyl (C=O) groups excluding carboxylic acids is 2. The first-order chi connectivity index (χ1) is 13.1. The predicted octanol–water partition coefficient (Wildman–Crippen LogP) is 4.70. The number of ether oxygens (including phenoxy) is 1. The van der Waals surface area contributed by atoms with E-state index >= 15 is 0 Å². The normalized spacial score (nSPS) is 11.0. The molecule has 0 heterocycles. The molecule has 0 radical (unpaired) electrons. The molecule has 0 aliphatic carbocycles. The standard InChI is InChI=1S/C22H25ClN2O3/c1-22(2,3)13-19(26)25(14-20(27)28-4)18-11-10-16(23)12-17(18)21(24)15-8-6-5-7-9-15/h5-12,24H,13-14H2,1-4H3. The van der Waals surface area contributed by atoms with Gasteiger partial charge in [-0.25, -0.2) is 0 Å². The van der Waals surface area contributed by atoms with Gasteiger partial charge in [-0.05, 0) is 23.6 Å². The molecule has 0 bridgehead atoms. The summed E-state index contributed by atoms with van der Waals surface area (Å²) in [6.45, 7) is 5.63. The molecule has 0 saturated heterocycles. The average molecular weight is 401 g/mol. The van der Waals surface area contributed by atoms with Gasteiger partial charge in [0.1, 0.15) is 6.54 Å². The molecule has 0 aliphatic rings. The van der Waals surface area contributed by atoms with E-state index in [9.17, 15) is 9.59 Å². The summed E-state index contributed by atoms with van der Waals surface area (Å²) in [6.07, 6.45) is 0.241. The van der Waals surface area contributed by atoms with E-state index in [0.717, 1.165) is 0 Å². The molecule has 2 aromatic carbocycles. The summed E-state index contributed by atoms with van der Waals surface area (Å²) >= 11 is 6.18. The number of nitrogens with zero attached hydrogens (tertiary/aromatic N) is 1. The molecule has 0 spiro atoms. The minimum Gasteiger partial charge on any atom is -0.468 e. The number of hydrogen-bond donors (Lipinski definition) is 1. The largest absolute Gasteiger partial charge is 0.468 e. The lowest BCUT2D eigenvalue weighted by Crippen LogP contribution is -2.39. The fraction of sp³-hybridized carbons (Fsp3) is 0.318. The third-order valence-electron chi connectivity index (χ3n) is 4.08. The van der Waals surface area contributed by atoms with Gasteiger partial charge in [-0.1, -0.05) is 62.7 Å². The molecule has 148 valence electrons. The van der Waals surface area contributed by atoms with E-state index < -0.39 is 5.97 Å². The second-order valence-corrected chi connectivity index (χ2v) is 8.13. The number of anilines is 1. The zero-order chi connectivity index (χ0) is 20.9. The molecule has 0 saturated carbocycles. The van der Waals surface area contributed by atoms with Gasteiger partial charge in [0.05, 0.1) is 18.5 Å². The van der Waals surface area contributed by atoms with Crippen LogP contribution in [0, 0.1) is 10.8 Å². The molecule has 0 aromatic heterocycles. The van der Waals surface area contributed by atoms with Crippen LogP contribution in [0.25, 0.3) is 0 Å². The molecule has 0 aliphatic heterocycles. The summed E-state index contributed by atoms with van der Waals surface area (Å²) in [7, 11) is 1.28. The first-order valence-electron chi connectivity index (χ1n) is 8.93. The minimum absolute atomic E-state index is 0.219. The first kappa shape index (κ1) is 21.6. The van der Waals surface area contributed by atoms with Crippen LogP contribution in [0.4, 0.5) is 5.69 Å². The maximum absolute atomic E-state index is 13.0. The number of esters is 1. The highest BCUT2D eigenvalue weighted by molar-refractivity contribution is 6.31. The van der Waals surface area contributed by atoms with E-state index in [-0.39, 0.29) is 30.0 Å². The van der Waals surface area contributed by atoms with Crippen molar-refractivity contribution in [2.45, 2.75) is 27.2 Å². The van der Waals surface area contributed by atoms with Crippen molar-refractivity contribution in [2.24, 2.45) is 5.41 Å². The Balaban J connectivity index is 2.54. The maximum Gasteiger partial charge on any atom is 0.325 e. The van der Waals surface area contributed by atoms with Crippen molar-refractivity contribution in [3.05, 3.63) is 64.7 Å². The number of hydrogen-bond acceptors (Lipinski definition) is 4. The molecule has 0 fully saturated rings. The van der Waals surface area contributed by atoms with E-state index in [0.29, 0.717) is 21.8 Å². The Morgan fingerprint density at radius 1 is 1.11 bits per heavy atom. The maximum atomic E-state index is 13.0. The zero-order valence-electron chi connectivity index (χ0n) is 16.6. The summed E-state index contributed by atoms with van der Waals surface area (Å²) in [5.74, 6) is -0.753. The van der Waals surface area contributed by atoms with Crippen LogP contribution >= 0.6 is 11.6 Å². The fourth-order valence-electron chi connectivity index (χ4n) is 2.75. The van der Waals surface area contributed by atoms with Gasteiger partial charge < -0.3 is 9.64 Å². The summed E-state index contributed by atoms with van der Waals surface area (Å²) in [6, 6.07) is 14.1. The summed E-state index contributed by atoms with van der Waals surface area (Å²) in [4.78, 5) is 26.4. The van der Waals surface area contributed by atoms with Crippen molar-refractivity contribution in [3.63, 3.8) is 0 Å². The fourth-order valence-corrected chi connectivity index (χ4v) is 2.93. The smallest absolute Gasteiger partial charge is 0.325 e. The van der Waals surface area contributed by atoms with Crippen molar-refractivity contribution < 1.29 is 14.3 Å². The van der Waals surface area contributed by atoms with Crippen LogP contribution < -0.4 is 4.90 Å². The van der Waals surface area contributed by atoms with Gasteiger partial charge in [0.25, 0.3) is 0 Å². The lowest BCUT2D eigenvalue weighted by atomic mass is 9.91. The number of carbonyl (C=O) groups is 2. The van der Waals surface area contributed by atoms with Crippen LogP contribution in [0.2, 0.25) is 5.02 Å². The molecular formula is C22H25ClN2O3. The molecule has 0 atom stereocenters. The number of nitrogens with one attached hydrogen (secondary N) is 1. The van der Waals surface area contributed by atoms with Gasteiger partial charge in [-0.3, -0.25) is 15.0 Å².